The summed E-state index contributed by atoms with van der Waals surface area (Å²) in [6, 6.07) is 0.271. The highest BCUT2D eigenvalue weighted by atomic mass is 16.5. The molecule has 0 spiro atoms. The zero-order valence-electron chi connectivity index (χ0n) is 12.8. The van der Waals surface area contributed by atoms with Gasteiger partial charge in [0, 0.05) is 6.61 Å². The van der Waals surface area contributed by atoms with Crippen LogP contribution in [0.15, 0.2) is 0 Å². The lowest BCUT2D eigenvalue weighted by atomic mass is 9.72. The van der Waals surface area contributed by atoms with Crippen LogP contribution in [0.2, 0.25) is 0 Å². The van der Waals surface area contributed by atoms with Crippen molar-refractivity contribution in [1.29, 1.82) is 0 Å². The fraction of sp³-hybridized carbons (Fsp3) is 1.00. The summed E-state index contributed by atoms with van der Waals surface area (Å²) >= 11 is 0. The SMILES string of the molecule is CCOC(C(NN)C1CCCC(C)C1)C(C)(C)C. The van der Waals surface area contributed by atoms with Crippen molar-refractivity contribution in [1.82, 2.24) is 5.43 Å². The lowest BCUT2D eigenvalue weighted by molar-refractivity contribution is -0.0546. The van der Waals surface area contributed by atoms with Crippen molar-refractivity contribution in [2.45, 2.75) is 72.4 Å². The first-order valence-electron chi connectivity index (χ1n) is 7.47. The molecule has 0 aromatic carbocycles. The number of hydrogen-bond donors (Lipinski definition) is 2. The summed E-state index contributed by atoms with van der Waals surface area (Å²) in [5.74, 6) is 7.32. The Bertz CT molecular complexity index is 237. The normalized spacial score (nSPS) is 29.0. The smallest absolute Gasteiger partial charge is 0.0792 e. The van der Waals surface area contributed by atoms with Crippen molar-refractivity contribution in [3.8, 4) is 0 Å². The van der Waals surface area contributed by atoms with Gasteiger partial charge in [-0.05, 0) is 37.0 Å². The van der Waals surface area contributed by atoms with Crippen LogP contribution in [-0.4, -0.2) is 18.8 Å². The Morgan fingerprint density at radius 1 is 1.33 bits per heavy atom. The summed E-state index contributed by atoms with van der Waals surface area (Å²) in [6.45, 7) is 11.9. The van der Waals surface area contributed by atoms with Crippen LogP contribution in [0.1, 0.15) is 60.3 Å². The van der Waals surface area contributed by atoms with Gasteiger partial charge in [-0.1, -0.05) is 40.5 Å². The van der Waals surface area contributed by atoms with E-state index in [0.29, 0.717) is 5.92 Å². The minimum absolute atomic E-state index is 0.119. The number of hydrogen-bond acceptors (Lipinski definition) is 3. The first-order chi connectivity index (χ1) is 8.40. The molecule has 0 aromatic heterocycles. The fourth-order valence-corrected chi connectivity index (χ4v) is 3.35. The largest absolute Gasteiger partial charge is 0.376 e. The summed E-state index contributed by atoms with van der Waals surface area (Å²) in [7, 11) is 0. The van der Waals surface area contributed by atoms with E-state index in [2.05, 4.69) is 40.0 Å². The van der Waals surface area contributed by atoms with Crippen LogP contribution >= 0.6 is 0 Å². The quantitative estimate of drug-likeness (QED) is 0.587. The zero-order valence-corrected chi connectivity index (χ0v) is 12.8. The Morgan fingerprint density at radius 2 is 2.00 bits per heavy atom. The van der Waals surface area contributed by atoms with Gasteiger partial charge in [0.1, 0.15) is 0 Å². The first kappa shape index (κ1) is 15.9. The lowest BCUT2D eigenvalue weighted by Gasteiger charge is -2.42. The number of rotatable bonds is 5. The number of hydrazine groups is 1. The van der Waals surface area contributed by atoms with Crippen LogP contribution in [0.5, 0.6) is 0 Å². The van der Waals surface area contributed by atoms with Gasteiger partial charge in [-0.15, -0.1) is 0 Å². The summed E-state index contributed by atoms with van der Waals surface area (Å²) in [5, 5.41) is 0. The maximum atomic E-state index is 6.01. The van der Waals surface area contributed by atoms with E-state index >= 15 is 0 Å². The second-order valence-corrected chi connectivity index (χ2v) is 6.97. The standard InChI is InChI=1S/C15H32N2O/c1-6-18-14(15(3,4)5)13(17-16)12-9-7-8-11(2)10-12/h11-14,17H,6-10,16H2,1-5H3. The third-order valence-electron chi connectivity index (χ3n) is 4.20. The van der Waals surface area contributed by atoms with Crippen molar-refractivity contribution < 1.29 is 4.74 Å². The molecule has 108 valence electrons. The molecule has 1 fully saturated rings. The van der Waals surface area contributed by atoms with Gasteiger partial charge in [0.05, 0.1) is 12.1 Å². The average molecular weight is 256 g/mol. The highest BCUT2D eigenvalue weighted by Crippen LogP contribution is 2.36. The van der Waals surface area contributed by atoms with Crippen molar-refractivity contribution in [3.05, 3.63) is 0 Å². The topological polar surface area (TPSA) is 47.3 Å². The van der Waals surface area contributed by atoms with Gasteiger partial charge >= 0.3 is 0 Å². The Hall–Kier alpha value is -0.120. The molecular weight excluding hydrogens is 224 g/mol. The van der Waals surface area contributed by atoms with Gasteiger partial charge in [0.15, 0.2) is 0 Å². The molecule has 1 aliphatic rings. The highest BCUT2D eigenvalue weighted by Gasteiger charge is 2.38. The van der Waals surface area contributed by atoms with Crippen LogP contribution in [-0.2, 0) is 4.74 Å². The maximum Gasteiger partial charge on any atom is 0.0792 e. The second-order valence-electron chi connectivity index (χ2n) is 6.97. The molecule has 3 nitrogen and oxygen atoms in total. The van der Waals surface area contributed by atoms with Gasteiger partial charge in [0.2, 0.25) is 0 Å². The Labute approximate surface area is 113 Å². The summed E-state index contributed by atoms with van der Waals surface area (Å²) in [4.78, 5) is 0. The maximum absolute atomic E-state index is 6.01. The molecule has 0 aliphatic heterocycles. The fourth-order valence-electron chi connectivity index (χ4n) is 3.35. The molecule has 4 atom stereocenters. The van der Waals surface area contributed by atoms with Crippen LogP contribution in [0.25, 0.3) is 0 Å². The second kappa shape index (κ2) is 6.88. The molecule has 0 radical (unpaired) electrons. The van der Waals surface area contributed by atoms with Gasteiger partial charge in [-0.2, -0.15) is 0 Å². The molecule has 0 amide bonds. The van der Waals surface area contributed by atoms with Gasteiger partial charge in [0.25, 0.3) is 0 Å². The summed E-state index contributed by atoms with van der Waals surface area (Å²) in [6.07, 6.45) is 5.42. The van der Waals surface area contributed by atoms with Gasteiger partial charge in [-0.3, -0.25) is 11.3 Å². The van der Waals surface area contributed by atoms with E-state index in [0.717, 1.165) is 12.5 Å². The number of ether oxygens (including phenoxy) is 1. The van der Waals surface area contributed by atoms with Crippen LogP contribution < -0.4 is 11.3 Å². The molecule has 0 aromatic rings. The summed E-state index contributed by atoms with van der Waals surface area (Å²) < 4.78 is 6.01. The van der Waals surface area contributed by atoms with Gasteiger partial charge < -0.3 is 4.74 Å². The van der Waals surface area contributed by atoms with E-state index in [1.807, 2.05) is 0 Å². The Morgan fingerprint density at radius 3 is 2.44 bits per heavy atom. The van der Waals surface area contributed by atoms with E-state index in [9.17, 15) is 0 Å². The van der Waals surface area contributed by atoms with Crippen molar-refractivity contribution in [2.24, 2.45) is 23.1 Å². The van der Waals surface area contributed by atoms with Gasteiger partial charge in [-0.25, -0.2) is 0 Å². The lowest BCUT2D eigenvalue weighted by Crippen LogP contribution is -2.55. The monoisotopic (exact) mass is 256 g/mol. The number of nitrogens with one attached hydrogen (secondary N) is 1. The third-order valence-corrected chi connectivity index (χ3v) is 4.20. The van der Waals surface area contributed by atoms with Crippen LogP contribution in [0.3, 0.4) is 0 Å². The minimum atomic E-state index is 0.119. The molecule has 3 heteroatoms. The summed E-state index contributed by atoms with van der Waals surface area (Å²) in [5.41, 5.74) is 3.18. The molecular formula is C15H32N2O. The van der Waals surface area contributed by atoms with E-state index in [4.69, 9.17) is 10.6 Å². The first-order valence-corrected chi connectivity index (χ1v) is 7.47. The average Bonchev–Trinajstić information content (AvgIpc) is 2.28. The molecule has 0 bridgehead atoms. The van der Waals surface area contributed by atoms with Crippen LogP contribution in [0, 0.1) is 17.3 Å². The molecule has 0 heterocycles. The zero-order chi connectivity index (χ0) is 13.8. The van der Waals surface area contributed by atoms with E-state index in [1.165, 1.54) is 25.7 Å². The molecule has 0 saturated heterocycles. The van der Waals surface area contributed by atoms with E-state index in [1.54, 1.807) is 0 Å². The Balaban J connectivity index is 2.77. The molecule has 3 N–H and O–H groups in total. The predicted molar refractivity (Wildman–Crippen MR) is 77.1 cm³/mol. The predicted octanol–water partition coefficient (Wildman–Crippen LogP) is 3.10. The van der Waals surface area contributed by atoms with Crippen molar-refractivity contribution in [2.75, 3.05) is 6.61 Å². The number of nitrogens with two attached hydrogens (primary N) is 1. The highest BCUT2D eigenvalue weighted by molar-refractivity contribution is 4.91. The van der Waals surface area contributed by atoms with E-state index < -0.39 is 0 Å². The molecule has 4 unspecified atom stereocenters. The Kier molecular flexibility index (Phi) is 6.09. The van der Waals surface area contributed by atoms with Crippen LogP contribution in [0.4, 0.5) is 0 Å². The van der Waals surface area contributed by atoms with E-state index in [-0.39, 0.29) is 17.6 Å². The molecule has 1 saturated carbocycles. The molecule has 18 heavy (non-hydrogen) atoms. The van der Waals surface area contributed by atoms with Crippen molar-refractivity contribution >= 4 is 0 Å². The molecule has 1 rings (SSSR count). The minimum Gasteiger partial charge on any atom is -0.376 e. The van der Waals surface area contributed by atoms with Crippen molar-refractivity contribution in [3.63, 3.8) is 0 Å². The molecule has 1 aliphatic carbocycles. The third kappa shape index (κ3) is 4.22.